The van der Waals surface area contributed by atoms with Gasteiger partial charge in [-0.05, 0) is 32.1 Å². The van der Waals surface area contributed by atoms with E-state index in [0.717, 1.165) is 45.1 Å². The van der Waals surface area contributed by atoms with Gasteiger partial charge in [-0.15, -0.1) is 12.4 Å². The Kier molecular flexibility index (Phi) is 6.27. The lowest BCUT2D eigenvalue weighted by Crippen LogP contribution is -2.48. The van der Waals surface area contributed by atoms with Crippen molar-refractivity contribution in [2.45, 2.75) is 50.6 Å². The zero-order valence-electron chi connectivity index (χ0n) is 12.4. The number of nitrogens with zero attached hydrogens (tertiary/aromatic N) is 2. The highest BCUT2D eigenvalue weighted by Crippen LogP contribution is 2.28. The van der Waals surface area contributed by atoms with Crippen LogP contribution in [0.2, 0.25) is 0 Å². The normalized spacial score (nSPS) is 29.8. The minimum atomic E-state index is -0.249. The lowest BCUT2D eigenvalue weighted by Gasteiger charge is -2.32. The number of halogens is 1. The minimum Gasteiger partial charge on any atom is -0.347 e. The Morgan fingerprint density at radius 1 is 1.15 bits per heavy atom. The van der Waals surface area contributed by atoms with Gasteiger partial charge >= 0.3 is 0 Å². The minimum absolute atomic E-state index is 0. The Balaban J connectivity index is 0.00000200. The lowest BCUT2D eigenvalue weighted by molar-refractivity contribution is -0.145. The van der Waals surface area contributed by atoms with Gasteiger partial charge in [-0.2, -0.15) is 0 Å². The molecule has 20 heavy (non-hydrogen) atoms. The van der Waals surface area contributed by atoms with Crippen molar-refractivity contribution in [2.24, 2.45) is 11.7 Å². The molecule has 0 radical (unpaired) electrons. The maximum absolute atomic E-state index is 12.6. The van der Waals surface area contributed by atoms with Gasteiger partial charge in [0.15, 0.2) is 0 Å². The molecule has 1 saturated heterocycles. The molecule has 5 nitrogen and oxygen atoms in total. The number of carbonyl (C=O) groups excluding carboxylic acids is 2. The number of carbonyl (C=O) groups is 2. The van der Waals surface area contributed by atoms with Crippen molar-refractivity contribution in [3.63, 3.8) is 0 Å². The number of nitrogens with two attached hydrogens (primary N) is 1. The van der Waals surface area contributed by atoms with E-state index in [-0.39, 0.29) is 42.2 Å². The van der Waals surface area contributed by atoms with Crippen molar-refractivity contribution in [2.75, 3.05) is 20.6 Å². The van der Waals surface area contributed by atoms with Crippen molar-refractivity contribution in [1.29, 1.82) is 0 Å². The molecule has 0 aromatic carbocycles. The number of likely N-dealkylation sites (tertiary alicyclic amines) is 1. The van der Waals surface area contributed by atoms with Gasteiger partial charge in [0.25, 0.3) is 0 Å². The zero-order chi connectivity index (χ0) is 14.0. The monoisotopic (exact) mass is 303 g/mol. The molecule has 2 amide bonds. The quantitative estimate of drug-likeness (QED) is 0.828. The number of hydrogen-bond donors (Lipinski definition) is 1. The zero-order valence-corrected chi connectivity index (χ0v) is 13.2. The molecule has 2 N–H and O–H groups in total. The van der Waals surface area contributed by atoms with Crippen LogP contribution in [0, 0.1) is 5.92 Å². The van der Waals surface area contributed by atoms with Gasteiger partial charge in [0, 0.05) is 32.6 Å². The Bertz CT molecular complexity index is 362. The van der Waals surface area contributed by atoms with E-state index in [4.69, 9.17) is 5.73 Å². The van der Waals surface area contributed by atoms with Crippen LogP contribution in [0.3, 0.4) is 0 Å². The van der Waals surface area contributed by atoms with Gasteiger partial charge in [0.2, 0.25) is 11.8 Å². The summed E-state index contributed by atoms with van der Waals surface area (Å²) in [6.45, 7) is 0.717. The highest BCUT2D eigenvalue weighted by atomic mass is 35.5. The predicted octanol–water partition coefficient (Wildman–Crippen LogP) is 1.00. The Hall–Kier alpha value is -0.810. The van der Waals surface area contributed by atoms with Crippen LogP contribution in [0.15, 0.2) is 0 Å². The predicted molar refractivity (Wildman–Crippen MR) is 80.6 cm³/mol. The molecule has 3 unspecified atom stereocenters. The van der Waals surface area contributed by atoms with Crippen LogP contribution in [-0.2, 0) is 9.59 Å². The van der Waals surface area contributed by atoms with Crippen molar-refractivity contribution in [3.8, 4) is 0 Å². The molecule has 0 bridgehead atoms. The van der Waals surface area contributed by atoms with E-state index in [0.29, 0.717) is 0 Å². The molecule has 1 aliphatic carbocycles. The molecular formula is C14H26ClN3O2. The second-order valence-corrected chi connectivity index (χ2v) is 6.05. The average molecular weight is 304 g/mol. The van der Waals surface area contributed by atoms with E-state index in [2.05, 4.69) is 0 Å². The maximum atomic E-state index is 12.6. The highest BCUT2D eigenvalue weighted by molar-refractivity contribution is 5.89. The van der Waals surface area contributed by atoms with Gasteiger partial charge in [0.05, 0.1) is 0 Å². The topological polar surface area (TPSA) is 66.6 Å². The fourth-order valence-corrected chi connectivity index (χ4v) is 3.27. The van der Waals surface area contributed by atoms with E-state index in [9.17, 15) is 9.59 Å². The number of hydrogen-bond acceptors (Lipinski definition) is 3. The molecule has 0 aromatic rings. The standard InChI is InChI=1S/C14H25N3O2.ClH/c1-16(2)14(19)12-7-4-8-17(12)13(18)10-5-3-6-11(15)9-10;/h10-12H,3-9,15H2,1-2H3;1H. The average Bonchev–Trinajstić information content (AvgIpc) is 2.85. The van der Waals surface area contributed by atoms with E-state index in [1.165, 1.54) is 0 Å². The van der Waals surface area contributed by atoms with Crippen LogP contribution in [-0.4, -0.2) is 54.3 Å². The molecular weight excluding hydrogens is 278 g/mol. The summed E-state index contributed by atoms with van der Waals surface area (Å²) in [6, 6.07) is -0.103. The summed E-state index contributed by atoms with van der Waals surface area (Å²) in [7, 11) is 3.50. The van der Waals surface area contributed by atoms with E-state index in [1.807, 2.05) is 0 Å². The summed E-state index contributed by atoms with van der Waals surface area (Å²) in [5.74, 6) is 0.220. The first-order valence-corrected chi connectivity index (χ1v) is 7.28. The number of rotatable bonds is 2. The van der Waals surface area contributed by atoms with Gasteiger partial charge in [-0.1, -0.05) is 6.42 Å². The SMILES string of the molecule is CN(C)C(=O)C1CCCN1C(=O)C1CCCC(N)C1.Cl. The third-order valence-corrected chi connectivity index (χ3v) is 4.33. The van der Waals surface area contributed by atoms with E-state index < -0.39 is 0 Å². The highest BCUT2D eigenvalue weighted by Gasteiger charge is 2.38. The molecule has 1 saturated carbocycles. The Morgan fingerprint density at radius 3 is 2.45 bits per heavy atom. The Labute approximate surface area is 127 Å². The molecule has 1 heterocycles. The number of likely N-dealkylation sites (N-methyl/N-ethyl adjacent to an activating group) is 1. The summed E-state index contributed by atoms with van der Waals surface area (Å²) < 4.78 is 0. The van der Waals surface area contributed by atoms with Crippen molar-refractivity contribution < 1.29 is 9.59 Å². The summed E-state index contributed by atoms with van der Waals surface area (Å²) in [6.07, 6.45) is 5.46. The summed E-state index contributed by atoms with van der Waals surface area (Å²) in [5.41, 5.74) is 5.96. The van der Waals surface area contributed by atoms with E-state index in [1.54, 1.807) is 23.9 Å². The third-order valence-electron chi connectivity index (χ3n) is 4.33. The molecule has 2 aliphatic rings. The van der Waals surface area contributed by atoms with Crippen LogP contribution in [0.1, 0.15) is 38.5 Å². The fourth-order valence-electron chi connectivity index (χ4n) is 3.27. The van der Waals surface area contributed by atoms with Crippen molar-refractivity contribution >= 4 is 24.2 Å². The van der Waals surface area contributed by atoms with Crippen molar-refractivity contribution in [1.82, 2.24) is 9.80 Å². The number of amides is 2. The van der Waals surface area contributed by atoms with Crippen LogP contribution in [0.25, 0.3) is 0 Å². The van der Waals surface area contributed by atoms with Crippen LogP contribution in [0.4, 0.5) is 0 Å². The molecule has 3 atom stereocenters. The molecule has 2 rings (SSSR count). The first-order valence-electron chi connectivity index (χ1n) is 7.28. The largest absolute Gasteiger partial charge is 0.347 e. The lowest BCUT2D eigenvalue weighted by atomic mass is 9.85. The van der Waals surface area contributed by atoms with Crippen molar-refractivity contribution in [3.05, 3.63) is 0 Å². The van der Waals surface area contributed by atoms with Crippen LogP contribution < -0.4 is 5.73 Å². The molecule has 0 aromatic heterocycles. The molecule has 0 spiro atoms. The van der Waals surface area contributed by atoms with Crippen LogP contribution >= 0.6 is 12.4 Å². The van der Waals surface area contributed by atoms with Gasteiger partial charge in [-0.3, -0.25) is 9.59 Å². The second-order valence-electron chi connectivity index (χ2n) is 6.05. The molecule has 6 heteroatoms. The molecule has 1 aliphatic heterocycles. The van der Waals surface area contributed by atoms with Gasteiger partial charge < -0.3 is 15.5 Å². The first kappa shape index (κ1) is 17.2. The summed E-state index contributed by atoms with van der Waals surface area (Å²) >= 11 is 0. The fraction of sp³-hybridized carbons (Fsp3) is 0.857. The molecule has 2 fully saturated rings. The summed E-state index contributed by atoms with van der Waals surface area (Å²) in [4.78, 5) is 28.1. The summed E-state index contributed by atoms with van der Waals surface area (Å²) in [5, 5.41) is 0. The third kappa shape index (κ3) is 3.64. The second kappa shape index (κ2) is 7.27. The Morgan fingerprint density at radius 2 is 1.85 bits per heavy atom. The maximum Gasteiger partial charge on any atom is 0.244 e. The van der Waals surface area contributed by atoms with Gasteiger partial charge in [-0.25, -0.2) is 0 Å². The van der Waals surface area contributed by atoms with E-state index >= 15 is 0 Å². The van der Waals surface area contributed by atoms with Crippen LogP contribution in [0.5, 0.6) is 0 Å². The smallest absolute Gasteiger partial charge is 0.244 e. The van der Waals surface area contributed by atoms with Gasteiger partial charge in [0.1, 0.15) is 6.04 Å². The molecule has 116 valence electrons. The first-order chi connectivity index (χ1) is 9.00.